The number of ether oxygens (including phenoxy) is 2. The summed E-state index contributed by atoms with van der Waals surface area (Å²) < 4.78 is 10.4. The first kappa shape index (κ1) is 16.0. The van der Waals surface area contributed by atoms with E-state index in [1.807, 2.05) is 6.92 Å². The Kier molecular flexibility index (Phi) is 5.79. The van der Waals surface area contributed by atoms with Gasteiger partial charge in [0.2, 0.25) is 0 Å². The smallest absolute Gasteiger partial charge is 0.328 e. The summed E-state index contributed by atoms with van der Waals surface area (Å²) in [4.78, 5) is 26.2. The minimum absolute atomic E-state index is 0.116. The van der Waals surface area contributed by atoms with Crippen LogP contribution in [0.15, 0.2) is 0 Å². The summed E-state index contributed by atoms with van der Waals surface area (Å²) in [6.45, 7) is 6.39. The van der Waals surface area contributed by atoms with Crippen molar-refractivity contribution >= 4 is 11.9 Å². The van der Waals surface area contributed by atoms with Crippen LogP contribution in [0.4, 0.5) is 0 Å². The molecule has 2 atom stereocenters. The van der Waals surface area contributed by atoms with Crippen LogP contribution in [0.25, 0.3) is 0 Å². The average molecular weight is 271 g/mol. The van der Waals surface area contributed by atoms with Crippen LogP contribution >= 0.6 is 0 Å². The summed E-state index contributed by atoms with van der Waals surface area (Å²) in [5.41, 5.74) is -0.859. The molecular formula is C14H25NO4. The third kappa shape index (κ3) is 3.47. The normalized spacial score (nSPS) is 22.7. The van der Waals surface area contributed by atoms with E-state index >= 15 is 0 Å². The van der Waals surface area contributed by atoms with Gasteiger partial charge in [0, 0.05) is 13.7 Å². The number of piperidine rings is 1. The molecule has 2 unspecified atom stereocenters. The highest BCUT2D eigenvalue weighted by Gasteiger charge is 2.41. The Balaban J connectivity index is 2.87. The van der Waals surface area contributed by atoms with Crippen LogP contribution in [0.5, 0.6) is 0 Å². The van der Waals surface area contributed by atoms with Crippen LogP contribution in [0, 0.1) is 0 Å². The number of nitrogens with zero attached hydrogens (tertiary/aromatic N) is 1. The summed E-state index contributed by atoms with van der Waals surface area (Å²) in [7, 11) is 1.53. The summed E-state index contributed by atoms with van der Waals surface area (Å²) >= 11 is 0. The van der Waals surface area contributed by atoms with Crippen molar-refractivity contribution in [1.82, 2.24) is 4.90 Å². The van der Waals surface area contributed by atoms with Gasteiger partial charge in [0.15, 0.2) is 0 Å². The van der Waals surface area contributed by atoms with Crippen LogP contribution in [-0.2, 0) is 19.1 Å². The van der Waals surface area contributed by atoms with Gasteiger partial charge in [-0.1, -0.05) is 6.92 Å². The van der Waals surface area contributed by atoms with Gasteiger partial charge in [0.1, 0.15) is 11.6 Å². The molecule has 0 aliphatic carbocycles. The molecule has 1 heterocycles. The second-order valence-corrected chi connectivity index (χ2v) is 5.05. The van der Waals surface area contributed by atoms with Crippen LogP contribution < -0.4 is 0 Å². The van der Waals surface area contributed by atoms with Gasteiger partial charge in [0.05, 0.1) is 6.61 Å². The number of likely N-dealkylation sites (tertiary alicyclic amines) is 1. The molecule has 1 amide bonds. The minimum Gasteiger partial charge on any atom is -0.464 e. The molecule has 110 valence electrons. The third-order valence-corrected chi connectivity index (χ3v) is 3.90. The lowest BCUT2D eigenvalue weighted by Crippen LogP contribution is -2.56. The van der Waals surface area contributed by atoms with E-state index < -0.39 is 11.6 Å². The summed E-state index contributed by atoms with van der Waals surface area (Å²) in [5, 5.41) is 0. The quantitative estimate of drug-likeness (QED) is 0.715. The largest absolute Gasteiger partial charge is 0.464 e. The first-order valence-corrected chi connectivity index (χ1v) is 7.03. The Bertz CT molecular complexity index is 325. The predicted molar refractivity (Wildman–Crippen MR) is 71.7 cm³/mol. The van der Waals surface area contributed by atoms with Crippen molar-refractivity contribution in [2.45, 2.75) is 58.1 Å². The van der Waals surface area contributed by atoms with Gasteiger partial charge in [-0.05, 0) is 39.5 Å². The average Bonchev–Trinajstić information content (AvgIpc) is 2.45. The molecule has 0 saturated carbocycles. The van der Waals surface area contributed by atoms with Gasteiger partial charge in [-0.2, -0.15) is 0 Å². The topological polar surface area (TPSA) is 55.8 Å². The summed E-state index contributed by atoms with van der Waals surface area (Å²) in [5.74, 6) is -0.416. The van der Waals surface area contributed by atoms with Crippen molar-refractivity contribution in [1.29, 1.82) is 0 Å². The number of esters is 1. The Hall–Kier alpha value is -1.10. The fourth-order valence-corrected chi connectivity index (χ4v) is 2.34. The Morgan fingerprint density at radius 3 is 2.53 bits per heavy atom. The molecule has 0 bridgehead atoms. The van der Waals surface area contributed by atoms with Gasteiger partial charge < -0.3 is 14.4 Å². The molecule has 0 N–H and O–H groups in total. The Morgan fingerprint density at radius 1 is 1.32 bits per heavy atom. The van der Waals surface area contributed by atoms with Crippen molar-refractivity contribution in [3.8, 4) is 0 Å². The SMILES string of the molecule is CCOC(=O)C1CCCCN1C(=O)C(C)(CC)OC. The van der Waals surface area contributed by atoms with E-state index in [-0.39, 0.29) is 11.9 Å². The van der Waals surface area contributed by atoms with Crippen LogP contribution in [0.2, 0.25) is 0 Å². The van der Waals surface area contributed by atoms with Crippen molar-refractivity contribution in [2.75, 3.05) is 20.3 Å². The summed E-state index contributed by atoms with van der Waals surface area (Å²) in [6.07, 6.45) is 3.12. The molecule has 1 aliphatic heterocycles. The Morgan fingerprint density at radius 2 is 2.00 bits per heavy atom. The van der Waals surface area contributed by atoms with E-state index in [9.17, 15) is 9.59 Å². The van der Waals surface area contributed by atoms with E-state index in [0.717, 1.165) is 12.8 Å². The van der Waals surface area contributed by atoms with E-state index in [1.165, 1.54) is 7.11 Å². The van der Waals surface area contributed by atoms with Crippen molar-refractivity contribution < 1.29 is 19.1 Å². The predicted octanol–water partition coefficient (Wildman–Crippen LogP) is 1.75. The zero-order valence-corrected chi connectivity index (χ0v) is 12.4. The number of rotatable bonds is 5. The second-order valence-electron chi connectivity index (χ2n) is 5.05. The molecule has 0 spiro atoms. The molecular weight excluding hydrogens is 246 g/mol. The number of amides is 1. The molecule has 1 rings (SSSR count). The number of methoxy groups -OCH3 is 1. The van der Waals surface area contributed by atoms with Gasteiger partial charge >= 0.3 is 5.97 Å². The molecule has 5 heteroatoms. The highest BCUT2D eigenvalue weighted by atomic mass is 16.5. The molecule has 0 aromatic carbocycles. The number of carbonyl (C=O) groups excluding carboxylic acids is 2. The van der Waals surface area contributed by atoms with Crippen LogP contribution in [-0.4, -0.2) is 48.7 Å². The fraction of sp³-hybridized carbons (Fsp3) is 0.857. The highest BCUT2D eigenvalue weighted by molar-refractivity contribution is 5.89. The first-order chi connectivity index (χ1) is 9.00. The number of hydrogen-bond donors (Lipinski definition) is 0. The van der Waals surface area contributed by atoms with E-state index in [4.69, 9.17) is 9.47 Å². The van der Waals surface area contributed by atoms with Crippen molar-refractivity contribution in [2.24, 2.45) is 0 Å². The van der Waals surface area contributed by atoms with Gasteiger partial charge in [-0.15, -0.1) is 0 Å². The lowest BCUT2D eigenvalue weighted by Gasteiger charge is -2.39. The molecule has 1 aliphatic rings. The lowest BCUT2D eigenvalue weighted by molar-refractivity contribution is -0.166. The third-order valence-electron chi connectivity index (χ3n) is 3.90. The van der Waals surface area contributed by atoms with Crippen LogP contribution in [0.3, 0.4) is 0 Å². The molecule has 1 fully saturated rings. The number of hydrogen-bond acceptors (Lipinski definition) is 4. The molecule has 19 heavy (non-hydrogen) atoms. The van der Waals surface area contributed by atoms with Crippen molar-refractivity contribution in [3.63, 3.8) is 0 Å². The minimum atomic E-state index is -0.859. The standard InChI is InChI=1S/C14H25NO4/c1-5-14(3,18-4)13(17)15-10-8-7-9-11(15)12(16)19-6-2/h11H,5-10H2,1-4H3. The molecule has 0 aromatic rings. The van der Waals surface area contributed by atoms with Crippen LogP contribution in [0.1, 0.15) is 46.5 Å². The van der Waals surface area contributed by atoms with Gasteiger partial charge in [-0.3, -0.25) is 4.79 Å². The molecule has 0 radical (unpaired) electrons. The summed E-state index contributed by atoms with van der Waals surface area (Å²) in [6, 6.07) is -0.456. The maximum absolute atomic E-state index is 12.6. The van der Waals surface area contributed by atoms with Crippen molar-refractivity contribution in [3.05, 3.63) is 0 Å². The van der Waals surface area contributed by atoms with E-state index in [0.29, 0.717) is 26.0 Å². The Labute approximate surface area is 115 Å². The van der Waals surface area contributed by atoms with E-state index in [2.05, 4.69) is 0 Å². The van der Waals surface area contributed by atoms with Gasteiger partial charge in [0.25, 0.3) is 5.91 Å². The maximum Gasteiger partial charge on any atom is 0.328 e. The first-order valence-electron chi connectivity index (χ1n) is 7.03. The zero-order valence-electron chi connectivity index (χ0n) is 12.4. The monoisotopic (exact) mass is 271 g/mol. The molecule has 1 saturated heterocycles. The van der Waals surface area contributed by atoms with E-state index in [1.54, 1.807) is 18.7 Å². The lowest BCUT2D eigenvalue weighted by atomic mass is 9.96. The number of carbonyl (C=O) groups is 2. The van der Waals surface area contributed by atoms with Gasteiger partial charge in [-0.25, -0.2) is 4.79 Å². The highest BCUT2D eigenvalue weighted by Crippen LogP contribution is 2.25. The second kappa shape index (κ2) is 6.89. The molecule has 0 aromatic heterocycles. The molecule has 5 nitrogen and oxygen atoms in total. The maximum atomic E-state index is 12.6. The fourth-order valence-electron chi connectivity index (χ4n) is 2.34. The zero-order chi connectivity index (χ0) is 14.5.